The third-order valence-corrected chi connectivity index (χ3v) is 4.39. The number of anilines is 1. The number of thiophene rings is 1. The van der Waals surface area contributed by atoms with Gasteiger partial charge >= 0.3 is 0 Å². The summed E-state index contributed by atoms with van der Waals surface area (Å²) in [4.78, 5) is 12.4. The summed E-state index contributed by atoms with van der Waals surface area (Å²) in [6.07, 6.45) is 0. The molecule has 4 heteroatoms. The molecule has 0 unspecified atom stereocenters. The summed E-state index contributed by atoms with van der Waals surface area (Å²) >= 11 is 1.65. The van der Waals surface area contributed by atoms with Crippen molar-refractivity contribution in [3.63, 3.8) is 0 Å². The molecule has 2 aromatic heterocycles. The van der Waals surface area contributed by atoms with Gasteiger partial charge in [0.1, 0.15) is 5.69 Å². The monoisotopic (exact) mass is 284 g/mol. The molecule has 0 atom stereocenters. The second kappa shape index (κ2) is 4.80. The molecule has 0 aliphatic rings. The van der Waals surface area contributed by atoms with Crippen LogP contribution in [-0.4, -0.2) is 10.5 Å². The van der Waals surface area contributed by atoms with E-state index in [2.05, 4.69) is 5.32 Å². The molecule has 1 aromatic carbocycles. The van der Waals surface area contributed by atoms with Crippen LogP contribution in [0.3, 0.4) is 0 Å². The Morgan fingerprint density at radius 3 is 2.75 bits per heavy atom. The first-order valence-corrected chi connectivity index (χ1v) is 7.36. The lowest BCUT2D eigenvalue weighted by atomic mass is 10.1. The topological polar surface area (TPSA) is 34.0 Å². The molecular formula is C16H16N2OS. The van der Waals surface area contributed by atoms with Gasteiger partial charge in [0.25, 0.3) is 5.91 Å². The number of aromatic nitrogens is 1. The Morgan fingerprint density at radius 2 is 2.00 bits per heavy atom. The van der Waals surface area contributed by atoms with E-state index in [0.717, 1.165) is 27.0 Å². The molecule has 0 spiro atoms. The molecule has 1 amide bonds. The fraction of sp³-hybridized carbons (Fsp3) is 0.188. The van der Waals surface area contributed by atoms with Crippen molar-refractivity contribution in [3.8, 4) is 0 Å². The van der Waals surface area contributed by atoms with Crippen LogP contribution in [0.25, 0.3) is 10.2 Å². The number of rotatable bonds is 2. The fourth-order valence-corrected chi connectivity index (χ4v) is 3.17. The Labute approximate surface area is 121 Å². The van der Waals surface area contributed by atoms with E-state index in [4.69, 9.17) is 0 Å². The molecule has 2 heterocycles. The third-order valence-electron chi connectivity index (χ3n) is 3.54. The standard InChI is InChI=1S/C16H16N2OS/c1-10-4-5-11(2)12(8-10)17-16(19)14-9-15-13(18(14)3)6-7-20-15/h4-9H,1-3H3,(H,17,19). The number of benzene rings is 1. The van der Waals surface area contributed by atoms with Crippen molar-refractivity contribution in [3.05, 3.63) is 52.5 Å². The Balaban J connectivity index is 1.94. The molecule has 3 nitrogen and oxygen atoms in total. The average Bonchev–Trinajstić information content (AvgIpc) is 2.97. The predicted molar refractivity (Wildman–Crippen MR) is 84.7 cm³/mol. The average molecular weight is 284 g/mol. The summed E-state index contributed by atoms with van der Waals surface area (Å²) < 4.78 is 3.07. The molecule has 0 fully saturated rings. The highest BCUT2D eigenvalue weighted by molar-refractivity contribution is 7.17. The summed E-state index contributed by atoms with van der Waals surface area (Å²) in [5.41, 5.74) is 4.87. The normalized spacial score (nSPS) is 10.9. The molecule has 1 N–H and O–H groups in total. The van der Waals surface area contributed by atoms with E-state index in [1.807, 2.05) is 61.2 Å². The lowest BCUT2D eigenvalue weighted by Gasteiger charge is -2.10. The Bertz CT molecular complexity index is 798. The maximum atomic E-state index is 12.4. The molecule has 0 aliphatic carbocycles. The van der Waals surface area contributed by atoms with Gasteiger partial charge in [-0.2, -0.15) is 0 Å². The van der Waals surface area contributed by atoms with Gasteiger partial charge in [0, 0.05) is 12.7 Å². The number of amides is 1. The molecule has 20 heavy (non-hydrogen) atoms. The number of carbonyl (C=O) groups excluding carboxylic acids is 1. The van der Waals surface area contributed by atoms with E-state index >= 15 is 0 Å². The van der Waals surface area contributed by atoms with Crippen molar-refractivity contribution in [1.29, 1.82) is 0 Å². The summed E-state index contributed by atoms with van der Waals surface area (Å²) in [5, 5.41) is 5.04. The molecule has 0 saturated carbocycles. The Hall–Kier alpha value is -2.07. The van der Waals surface area contributed by atoms with Crippen LogP contribution in [0.4, 0.5) is 5.69 Å². The highest BCUT2D eigenvalue weighted by Gasteiger charge is 2.14. The van der Waals surface area contributed by atoms with Gasteiger partial charge in [-0.25, -0.2) is 0 Å². The number of nitrogens with zero attached hydrogens (tertiary/aromatic N) is 1. The summed E-state index contributed by atoms with van der Waals surface area (Å²) in [6.45, 7) is 4.02. The van der Waals surface area contributed by atoms with Gasteiger partial charge in [-0.3, -0.25) is 4.79 Å². The van der Waals surface area contributed by atoms with Crippen LogP contribution in [0.5, 0.6) is 0 Å². The number of carbonyl (C=O) groups is 1. The second-order valence-electron chi connectivity index (χ2n) is 5.03. The van der Waals surface area contributed by atoms with Gasteiger partial charge < -0.3 is 9.88 Å². The molecule has 0 radical (unpaired) electrons. The van der Waals surface area contributed by atoms with Crippen molar-refractivity contribution in [2.45, 2.75) is 13.8 Å². The molecule has 3 aromatic rings. The Kier molecular flexibility index (Phi) is 3.10. The van der Waals surface area contributed by atoms with Gasteiger partial charge in [0.15, 0.2) is 0 Å². The molecule has 0 bridgehead atoms. The van der Waals surface area contributed by atoms with E-state index < -0.39 is 0 Å². The lowest BCUT2D eigenvalue weighted by molar-refractivity contribution is 0.101. The first kappa shape index (κ1) is 12.9. The van der Waals surface area contributed by atoms with Crippen molar-refractivity contribution in [2.24, 2.45) is 7.05 Å². The molecule has 0 saturated heterocycles. The smallest absolute Gasteiger partial charge is 0.272 e. The van der Waals surface area contributed by atoms with E-state index in [1.165, 1.54) is 0 Å². The van der Waals surface area contributed by atoms with Crippen molar-refractivity contribution < 1.29 is 4.79 Å². The zero-order valence-electron chi connectivity index (χ0n) is 11.7. The van der Waals surface area contributed by atoms with Crippen molar-refractivity contribution in [1.82, 2.24) is 4.57 Å². The van der Waals surface area contributed by atoms with E-state index in [9.17, 15) is 4.79 Å². The van der Waals surface area contributed by atoms with E-state index in [0.29, 0.717) is 5.69 Å². The van der Waals surface area contributed by atoms with Gasteiger partial charge in [0.2, 0.25) is 0 Å². The lowest BCUT2D eigenvalue weighted by Crippen LogP contribution is -2.16. The van der Waals surface area contributed by atoms with E-state index in [1.54, 1.807) is 11.3 Å². The van der Waals surface area contributed by atoms with Gasteiger partial charge in [-0.05, 0) is 48.6 Å². The molecular weight excluding hydrogens is 268 g/mol. The minimum Gasteiger partial charge on any atom is -0.339 e. The minimum absolute atomic E-state index is 0.0652. The van der Waals surface area contributed by atoms with Crippen LogP contribution in [0.15, 0.2) is 35.7 Å². The van der Waals surface area contributed by atoms with Crippen LogP contribution in [0.2, 0.25) is 0 Å². The van der Waals surface area contributed by atoms with E-state index in [-0.39, 0.29) is 5.91 Å². The summed E-state index contributed by atoms with van der Waals surface area (Å²) in [6, 6.07) is 10.0. The number of nitrogens with one attached hydrogen (secondary N) is 1. The second-order valence-corrected chi connectivity index (χ2v) is 5.98. The summed E-state index contributed by atoms with van der Waals surface area (Å²) in [5.74, 6) is -0.0652. The van der Waals surface area contributed by atoms with Crippen molar-refractivity contribution >= 4 is 33.1 Å². The number of aryl methyl sites for hydroxylation is 3. The van der Waals surface area contributed by atoms with Crippen LogP contribution in [0.1, 0.15) is 21.6 Å². The largest absolute Gasteiger partial charge is 0.339 e. The Morgan fingerprint density at radius 1 is 1.20 bits per heavy atom. The van der Waals surface area contributed by atoms with Gasteiger partial charge in [-0.1, -0.05) is 12.1 Å². The van der Waals surface area contributed by atoms with Crippen LogP contribution < -0.4 is 5.32 Å². The van der Waals surface area contributed by atoms with Crippen LogP contribution in [0, 0.1) is 13.8 Å². The first-order chi connectivity index (χ1) is 9.56. The van der Waals surface area contributed by atoms with Gasteiger partial charge in [-0.15, -0.1) is 11.3 Å². The van der Waals surface area contributed by atoms with Crippen molar-refractivity contribution in [2.75, 3.05) is 5.32 Å². The first-order valence-electron chi connectivity index (χ1n) is 6.48. The highest BCUT2D eigenvalue weighted by atomic mass is 32.1. The zero-order valence-corrected chi connectivity index (χ0v) is 12.5. The number of hydrogen-bond acceptors (Lipinski definition) is 2. The highest BCUT2D eigenvalue weighted by Crippen LogP contribution is 2.25. The quantitative estimate of drug-likeness (QED) is 0.755. The molecule has 102 valence electrons. The maximum Gasteiger partial charge on any atom is 0.272 e. The summed E-state index contributed by atoms with van der Waals surface area (Å²) in [7, 11) is 1.92. The predicted octanol–water partition coefficient (Wildman–Crippen LogP) is 4.11. The maximum absolute atomic E-state index is 12.4. The van der Waals surface area contributed by atoms with Crippen LogP contribution >= 0.6 is 11.3 Å². The number of hydrogen-bond donors (Lipinski definition) is 1. The minimum atomic E-state index is -0.0652. The SMILES string of the molecule is Cc1ccc(C)c(NC(=O)c2cc3sccc3n2C)c1. The molecule has 3 rings (SSSR count). The third kappa shape index (κ3) is 2.12. The molecule has 0 aliphatic heterocycles. The van der Waals surface area contributed by atoms with Gasteiger partial charge in [0.05, 0.1) is 10.2 Å². The zero-order chi connectivity index (χ0) is 14.3. The number of fused-ring (bicyclic) bond motifs is 1. The fourth-order valence-electron chi connectivity index (χ4n) is 2.32. The van der Waals surface area contributed by atoms with Crippen LogP contribution in [-0.2, 0) is 7.05 Å².